The van der Waals surface area contributed by atoms with E-state index >= 15 is 0 Å². The van der Waals surface area contributed by atoms with Gasteiger partial charge in [-0.1, -0.05) is 12.1 Å². The molecule has 1 unspecified atom stereocenters. The summed E-state index contributed by atoms with van der Waals surface area (Å²) >= 11 is 0. The van der Waals surface area contributed by atoms with E-state index in [-0.39, 0.29) is 30.2 Å². The van der Waals surface area contributed by atoms with Gasteiger partial charge in [0, 0.05) is 18.5 Å². The second kappa shape index (κ2) is 5.12. The zero-order chi connectivity index (χ0) is 15.0. The van der Waals surface area contributed by atoms with Crippen molar-refractivity contribution < 1.29 is 19.2 Å². The summed E-state index contributed by atoms with van der Waals surface area (Å²) in [7, 11) is 0. The zero-order valence-corrected chi connectivity index (χ0v) is 11.3. The van der Waals surface area contributed by atoms with Crippen molar-refractivity contribution in [1.29, 1.82) is 0 Å². The van der Waals surface area contributed by atoms with Crippen LogP contribution in [0.4, 0.5) is 0 Å². The minimum atomic E-state index is -0.358. The molecule has 1 aromatic rings. The molecule has 0 radical (unpaired) electrons. The van der Waals surface area contributed by atoms with Crippen molar-refractivity contribution in [3.8, 4) is 0 Å². The van der Waals surface area contributed by atoms with Crippen molar-refractivity contribution >= 4 is 24.0 Å². The molecule has 6 nitrogen and oxygen atoms in total. The van der Waals surface area contributed by atoms with Crippen LogP contribution >= 0.6 is 0 Å². The number of nitrogens with zero attached hydrogens (tertiary/aromatic N) is 1. The molecule has 108 valence electrons. The van der Waals surface area contributed by atoms with Crippen LogP contribution in [-0.2, 0) is 20.9 Å². The largest absolute Gasteiger partial charge is 0.327 e. The summed E-state index contributed by atoms with van der Waals surface area (Å²) in [6, 6.07) is 5.28. The lowest BCUT2D eigenvalue weighted by Crippen LogP contribution is -2.39. The smallest absolute Gasteiger partial charge is 0.254 e. The van der Waals surface area contributed by atoms with E-state index in [4.69, 9.17) is 0 Å². The number of nitrogens with one attached hydrogen (secondary N) is 1. The molecule has 2 heterocycles. The third kappa shape index (κ3) is 2.33. The van der Waals surface area contributed by atoms with E-state index in [2.05, 4.69) is 5.32 Å². The van der Waals surface area contributed by atoms with E-state index in [1.54, 1.807) is 12.1 Å². The Morgan fingerprint density at radius 2 is 2.10 bits per heavy atom. The summed E-state index contributed by atoms with van der Waals surface area (Å²) in [5.41, 5.74) is 2.21. The standard InChI is InChI=1S/C15H14N2O4/c18-6-5-17-8-10-7-9(1-2-12(10)15(17)21)11-3-4-13(19)16-14(11)20/h1-2,6-7,11H,3-5,8H2,(H,16,19,20). The zero-order valence-electron chi connectivity index (χ0n) is 11.3. The number of fused-ring (bicyclic) bond motifs is 1. The number of imide groups is 1. The molecule has 1 atom stereocenters. The maximum absolute atomic E-state index is 12.0. The van der Waals surface area contributed by atoms with Crippen LogP contribution in [0.25, 0.3) is 0 Å². The van der Waals surface area contributed by atoms with E-state index in [1.807, 2.05) is 6.07 Å². The second-order valence-corrected chi connectivity index (χ2v) is 5.27. The Kier molecular flexibility index (Phi) is 3.29. The second-order valence-electron chi connectivity index (χ2n) is 5.27. The van der Waals surface area contributed by atoms with Crippen LogP contribution in [0.1, 0.15) is 40.2 Å². The molecule has 0 aliphatic carbocycles. The summed E-state index contributed by atoms with van der Waals surface area (Å²) in [4.78, 5) is 47.1. The lowest BCUT2D eigenvalue weighted by molar-refractivity contribution is -0.134. The van der Waals surface area contributed by atoms with Gasteiger partial charge in [-0.25, -0.2) is 0 Å². The van der Waals surface area contributed by atoms with Crippen LogP contribution in [-0.4, -0.2) is 35.5 Å². The fraction of sp³-hybridized carbons (Fsp3) is 0.333. The summed E-state index contributed by atoms with van der Waals surface area (Å²) in [6.07, 6.45) is 1.50. The highest BCUT2D eigenvalue weighted by Crippen LogP contribution is 2.30. The quantitative estimate of drug-likeness (QED) is 0.642. The summed E-state index contributed by atoms with van der Waals surface area (Å²) in [5, 5.41) is 2.33. The molecule has 1 N–H and O–H groups in total. The average molecular weight is 286 g/mol. The fourth-order valence-corrected chi connectivity index (χ4v) is 2.87. The Hall–Kier alpha value is -2.50. The number of rotatable bonds is 3. The average Bonchev–Trinajstić information content (AvgIpc) is 2.75. The predicted octanol–water partition coefficient (Wildman–Crippen LogP) is 0.361. The third-order valence-corrected chi connectivity index (χ3v) is 3.94. The number of benzene rings is 1. The highest BCUT2D eigenvalue weighted by atomic mass is 16.2. The van der Waals surface area contributed by atoms with Gasteiger partial charge in [-0.3, -0.25) is 19.7 Å². The molecular weight excluding hydrogens is 272 g/mol. The molecule has 1 aromatic carbocycles. The first kappa shape index (κ1) is 13.5. The van der Waals surface area contributed by atoms with E-state index in [0.29, 0.717) is 31.2 Å². The molecule has 6 heteroatoms. The number of hydrogen-bond acceptors (Lipinski definition) is 4. The van der Waals surface area contributed by atoms with Crippen molar-refractivity contribution in [2.24, 2.45) is 0 Å². The Morgan fingerprint density at radius 1 is 1.29 bits per heavy atom. The van der Waals surface area contributed by atoms with Crippen LogP contribution in [0.2, 0.25) is 0 Å². The lowest BCUT2D eigenvalue weighted by atomic mass is 9.89. The van der Waals surface area contributed by atoms with E-state index in [0.717, 1.165) is 11.1 Å². The van der Waals surface area contributed by atoms with Crippen LogP contribution in [0, 0.1) is 0 Å². The maximum atomic E-state index is 12.0. The van der Waals surface area contributed by atoms with Crippen LogP contribution in [0.5, 0.6) is 0 Å². The number of amides is 3. The third-order valence-electron chi connectivity index (χ3n) is 3.94. The van der Waals surface area contributed by atoms with Crippen molar-refractivity contribution in [3.63, 3.8) is 0 Å². The highest BCUT2D eigenvalue weighted by Gasteiger charge is 2.31. The first-order chi connectivity index (χ1) is 10.1. The van der Waals surface area contributed by atoms with Gasteiger partial charge in [0.1, 0.15) is 6.29 Å². The van der Waals surface area contributed by atoms with Gasteiger partial charge in [0.05, 0.1) is 12.5 Å². The molecule has 1 saturated heterocycles. The molecule has 1 fully saturated rings. The van der Waals surface area contributed by atoms with Gasteiger partial charge >= 0.3 is 0 Å². The van der Waals surface area contributed by atoms with Gasteiger partial charge < -0.3 is 9.69 Å². The van der Waals surface area contributed by atoms with E-state index < -0.39 is 0 Å². The lowest BCUT2D eigenvalue weighted by Gasteiger charge is -2.21. The van der Waals surface area contributed by atoms with Gasteiger partial charge in [-0.05, 0) is 23.6 Å². The van der Waals surface area contributed by atoms with Crippen molar-refractivity contribution in [2.75, 3.05) is 6.54 Å². The Labute approximate surface area is 121 Å². The summed E-state index contributed by atoms with van der Waals surface area (Å²) < 4.78 is 0. The number of piperidine rings is 1. The Morgan fingerprint density at radius 3 is 2.81 bits per heavy atom. The summed E-state index contributed by atoms with van der Waals surface area (Å²) in [5.74, 6) is -1.06. The van der Waals surface area contributed by atoms with E-state index in [1.165, 1.54) is 4.90 Å². The monoisotopic (exact) mass is 286 g/mol. The van der Waals surface area contributed by atoms with Crippen LogP contribution in [0.3, 0.4) is 0 Å². The van der Waals surface area contributed by atoms with Crippen LogP contribution in [0.15, 0.2) is 18.2 Å². The highest BCUT2D eigenvalue weighted by molar-refractivity contribution is 6.02. The van der Waals surface area contributed by atoms with Gasteiger partial charge in [0.25, 0.3) is 5.91 Å². The first-order valence-electron chi connectivity index (χ1n) is 6.79. The molecule has 0 spiro atoms. The predicted molar refractivity (Wildman–Crippen MR) is 72.4 cm³/mol. The van der Waals surface area contributed by atoms with Crippen molar-refractivity contribution in [1.82, 2.24) is 10.2 Å². The van der Waals surface area contributed by atoms with Crippen LogP contribution < -0.4 is 5.32 Å². The van der Waals surface area contributed by atoms with Gasteiger partial charge in [0.2, 0.25) is 11.8 Å². The maximum Gasteiger partial charge on any atom is 0.254 e. The minimum Gasteiger partial charge on any atom is -0.327 e. The summed E-state index contributed by atoms with van der Waals surface area (Å²) in [6.45, 7) is 0.454. The van der Waals surface area contributed by atoms with Gasteiger partial charge in [-0.2, -0.15) is 0 Å². The molecule has 0 bridgehead atoms. The molecule has 3 amide bonds. The van der Waals surface area contributed by atoms with Crippen molar-refractivity contribution in [3.05, 3.63) is 34.9 Å². The van der Waals surface area contributed by atoms with Gasteiger partial charge in [0.15, 0.2) is 0 Å². The topological polar surface area (TPSA) is 83.6 Å². The Bertz CT molecular complexity index is 653. The fourth-order valence-electron chi connectivity index (χ4n) is 2.87. The first-order valence-corrected chi connectivity index (χ1v) is 6.79. The van der Waals surface area contributed by atoms with Crippen molar-refractivity contribution in [2.45, 2.75) is 25.3 Å². The SMILES string of the molecule is O=CCN1Cc2cc(C3CCC(=O)NC3=O)ccc2C1=O. The molecule has 0 saturated carbocycles. The number of carbonyl (C=O) groups excluding carboxylic acids is 4. The number of carbonyl (C=O) groups is 4. The Balaban J connectivity index is 1.87. The molecule has 3 rings (SSSR count). The minimum absolute atomic E-state index is 0.0707. The molecule has 0 aromatic heterocycles. The number of hydrogen-bond donors (Lipinski definition) is 1. The van der Waals surface area contributed by atoms with Gasteiger partial charge in [-0.15, -0.1) is 0 Å². The molecular formula is C15H14N2O4. The normalized spacial score (nSPS) is 21.2. The van der Waals surface area contributed by atoms with E-state index in [9.17, 15) is 19.2 Å². The molecule has 21 heavy (non-hydrogen) atoms. The number of aldehydes is 1. The molecule has 2 aliphatic rings. The molecule has 2 aliphatic heterocycles.